The van der Waals surface area contributed by atoms with Crippen LogP contribution in [0.5, 0.6) is 0 Å². The molecular weight excluding hydrogens is 522 g/mol. The summed E-state index contributed by atoms with van der Waals surface area (Å²) in [6.45, 7) is 11.4. The fourth-order valence-corrected chi connectivity index (χ4v) is 5.06. The Kier molecular flexibility index (Phi) is 6.17. The molecule has 2 N–H and O–H groups in total. The maximum Gasteiger partial charge on any atom is 0.275 e. The van der Waals surface area contributed by atoms with Gasteiger partial charge in [0.05, 0.1) is 40.8 Å². The van der Waals surface area contributed by atoms with Crippen LogP contribution in [0, 0.1) is 17.9 Å². The summed E-state index contributed by atoms with van der Waals surface area (Å²) in [5.41, 5.74) is 1.53. The van der Waals surface area contributed by atoms with Gasteiger partial charge in [-0.1, -0.05) is 23.3 Å². The molecular formula is C25H24ClN11O2. The van der Waals surface area contributed by atoms with E-state index >= 15 is 0 Å². The number of amides is 2. The van der Waals surface area contributed by atoms with Gasteiger partial charge >= 0.3 is 0 Å². The minimum Gasteiger partial charge on any atom is -0.362 e. The molecule has 198 valence electrons. The van der Waals surface area contributed by atoms with E-state index in [2.05, 4.69) is 41.5 Å². The van der Waals surface area contributed by atoms with Crippen molar-refractivity contribution in [1.29, 1.82) is 5.26 Å². The smallest absolute Gasteiger partial charge is 0.275 e. The number of hydrogen-bond acceptors (Lipinski definition) is 9. The number of piperazine rings is 1. The SMILES string of the molecule is [C-]#[N+]c1cnc2c(NC3CC3)nc(Nc3cc(C#N)cc(N4CCN(C5CN(C(C)=O)C5)CC4=O)c3Cl)nn12. The Bertz CT molecular complexity index is 1580. The highest BCUT2D eigenvalue weighted by Crippen LogP contribution is 2.37. The Morgan fingerprint density at radius 3 is 2.74 bits per heavy atom. The average molecular weight is 546 g/mol. The van der Waals surface area contributed by atoms with Gasteiger partial charge in [0.25, 0.3) is 17.4 Å². The summed E-state index contributed by atoms with van der Waals surface area (Å²) < 4.78 is 1.41. The third-order valence-electron chi connectivity index (χ3n) is 7.17. The maximum atomic E-state index is 13.2. The van der Waals surface area contributed by atoms with E-state index in [-0.39, 0.29) is 47.2 Å². The quantitative estimate of drug-likeness (QED) is 0.447. The minimum absolute atomic E-state index is 0.0354. The zero-order chi connectivity index (χ0) is 27.3. The average Bonchev–Trinajstić information content (AvgIpc) is 3.60. The van der Waals surface area contributed by atoms with Gasteiger partial charge in [0, 0.05) is 45.2 Å². The fraction of sp³-hybridized carbons (Fsp3) is 0.400. The van der Waals surface area contributed by atoms with Crippen molar-refractivity contribution in [3.63, 3.8) is 0 Å². The van der Waals surface area contributed by atoms with Crippen molar-refractivity contribution in [3.8, 4) is 6.07 Å². The molecule has 13 nitrogen and oxygen atoms in total. The summed E-state index contributed by atoms with van der Waals surface area (Å²) in [5, 5.41) is 20.8. The van der Waals surface area contributed by atoms with Crippen molar-refractivity contribution in [3.05, 3.63) is 40.3 Å². The van der Waals surface area contributed by atoms with Crippen LogP contribution in [0.3, 0.4) is 0 Å². The lowest BCUT2D eigenvalue weighted by Gasteiger charge is -2.47. The Morgan fingerprint density at radius 1 is 1.28 bits per heavy atom. The molecule has 0 spiro atoms. The highest BCUT2D eigenvalue weighted by Gasteiger charge is 2.38. The van der Waals surface area contributed by atoms with Gasteiger partial charge in [-0.15, -0.1) is 4.52 Å². The zero-order valence-corrected chi connectivity index (χ0v) is 21.8. The number of imidazole rings is 1. The van der Waals surface area contributed by atoms with Crippen molar-refractivity contribution in [2.75, 3.05) is 48.3 Å². The molecule has 0 radical (unpaired) electrons. The number of benzene rings is 1. The summed E-state index contributed by atoms with van der Waals surface area (Å²) >= 11 is 6.81. The molecule has 2 aliphatic heterocycles. The number of hydrogen-bond donors (Lipinski definition) is 2. The number of halogens is 1. The highest BCUT2D eigenvalue weighted by atomic mass is 35.5. The van der Waals surface area contributed by atoms with Gasteiger partial charge in [0.2, 0.25) is 11.8 Å². The van der Waals surface area contributed by atoms with Crippen LogP contribution in [0.25, 0.3) is 10.5 Å². The number of aromatic nitrogens is 4. The van der Waals surface area contributed by atoms with Crippen LogP contribution in [0.15, 0.2) is 18.3 Å². The second-order valence-corrected chi connectivity index (χ2v) is 10.2. The Labute approximate surface area is 228 Å². The maximum absolute atomic E-state index is 13.2. The molecule has 14 heteroatoms. The Morgan fingerprint density at radius 2 is 2.08 bits per heavy atom. The van der Waals surface area contributed by atoms with Crippen molar-refractivity contribution < 1.29 is 9.59 Å². The van der Waals surface area contributed by atoms with E-state index in [1.165, 1.54) is 10.7 Å². The molecule has 1 aromatic carbocycles. The normalized spacial score (nSPS) is 18.0. The zero-order valence-electron chi connectivity index (χ0n) is 21.1. The van der Waals surface area contributed by atoms with Crippen LogP contribution in [-0.4, -0.2) is 86.0 Å². The topological polar surface area (TPSA) is 139 Å². The largest absolute Gasteiger partial charge is 0.362 e. The van der Waals surface area contributed by atoms with E-state index < -0.39 is 0 Å². The van der Waals surface area contributed by atoms with E-state index in [1.807, 2.05) is 0 Å². The molecule has 3 aliphatic rings. The van der Waals surface area contributed by atoms with E-state index in [1.54, 1.807) is 28.9 Å². The summed E-state index contributed by atoms with van der Waals surface area (Å²) in [6.07, 6.45) is 3.48. The van der Waals surface area contributed by atoms with Gasteiger partial charge in [-0.3, -0.25) is 14.5 Å². The molecule has 6 rings (SSSR count). The fourth-order valence-electron chi connectivity index (χ4n) is 4.80. The van der Waals surface area contributed by atoms with Gasteiger partial charge in [-0.05, 0) is 25.0 Å². The van der Waals surface area contributed by atoms with Crippen LogP contribution < -0.4 is 15.5 Å². The molecule has 0 unspecified atom stereocenters. The molecule has 3 aromatic rings. The molecule has 2 saturated heterocycles. The van der Waals surface area contributed by atoms with Gasteiger partial charge in [0.15, 0.2) is 5.82 Å². The minimum atomic E-state index is -0.140. The lowest BCUT2D eigenvalue weighted by Crippen LogP contribution is -2.65. The van der Waals surface area contributed by atoms with E-state index in [4.69, 9.17) is 18.2 Å². The van der Waals surface area contributed by atoms with Crippen LogP contribution in [0.4, 0.5) is 29.0 Å². The molecule has 0 bridgehead atoms. The molecule has 1 saturated carbocycles. The number of carbonyl (C=O) groups is 2. The number of nitrogens with zero attached hydrogens (tertiary/aromatic N) is 9. The highest BCUT2D eigenvalue weighted by molar-refractivity contribution is 6.36. The first-order valence-electron chi connectivity index (χ1n) is 12.5. The third kappa shape index (κ3) is 4.67. The van der Waals surface area contributed by atoms with Crippen LogP contribution in [-0.2, 0) is 9.59 Å². The molecule has 2 amide bonds. The van der Waals surface area contributed by atoms with Gasteiger partial charge in [-0.2, -0.15) is 10.2 Å². The number of rotatable bonds is 6. The molecule has 1 aliphatic carbocycles. The summed E-state index contributed by atoms with van der Waals surface area (Å²) in [7, 11) is 0. The number of anilines is 4. The lowest BCUT2D eigenvalue weighted by molar-refractivity contribution is -0.137. The summed E-state index contributed by atoms with van der Waals surface area (Å²) in [6, 6.07) is 5.75. The van der Waals surface area contributed by atoms with E-state index in [0.717, 1.165) is 12.8 Å². The van der Waals surface area contributed by atoms with Gasteiger partial charge < -0.3 is 25.3 Å². The number of fused-ring (bicyclic) bond motifs is 1. The molecule has 0 atom stereocenters. The third-order valence-corrected chi connectivity index (χ3v) is 7.57. The van der Waals surface area contributed by atoms with Crippen molar-refractivity contribution in [2.45, 2.75) is 31.8 Å². The predicted octanol–water partition coefficient (Wildman–Crippen LogP) is 2.40. The Hall–Kier alpha value is -4.46. The summed E-state index contributed by atoms with van der Waals surface area (Å²) in [5.74, 6) is 0.775. The molecule has 3 fully saturated rings. The van der Waals surface area contributed by atoms with Crippen LogP contribution in [0.1, 0.15) is 25.3 Å². The van der Waals surface area contributed by atoms with Crippen molar-refractivity contribution in [2.24, 2.45) is 0 Å². The first-order valence-corrected chi connectivity index (χ1v) is 12.9. The second-order valence-electron chi connectivity index (χ2n) is 9.85. The predicted molar refractivity (Wildman–Crippen MR) is 143 cm³/mol. The molecule has 39 heavy (non-hydrogen) atoms. The number of nitrogens with one attached hydrogen (secondary N) is 2. The van der Waals surface area contributed by atoms with E-state index in [0.29, 0.717) is 54.6 Å². The van der Waals surface area contributed by atoms with Crippen LogP contribution in [0.2, 0.25) is 5.02 Å². The van der Waals surface area contributed by atoms with Gasteiger partial charge in [0.1, 0.15) is 0 Å². The lowest BCUT2D eigenvalue weighted by atomic mass is 10.1. The number of nitriles is 1. The van der Waals surface area contributed by atoms with Crippen LogP contribution >= 0.6 is 11.6 Å². The van der Waals surface area contributed by atoms with Crippen molar-refractivity contribution in [1.82, 2.24) is 29.4 Å². The Balaban J connectivity index is 1.27. The number of likely N-dealkylation sites (tertiary alicyclic amines) is 1. The van der Waals surface area contributed by atoms with E-state index in [9.17, 15) is 14.9 Å². The van der Waals surface area contributed by atoms with Gasteiger partial charge in [-0.25, -0.2) is 4.98 Å². The molecule has 4 heterocycles. The van der Waals surface area contributed by atoms with Crippen molar-refractivity contribution >= 4 is 58.0 Å². The first kappa shape index (κ1) is 24.9. The standard InChI is InChI=1S/C25H24ClN11O2/c1-14(38)35-11-17(12-35)34-5-6-36(21(39)13-34)19-8-15(9-27)7-18(22(19)26)31-25-32-23(30-16-3-4-16)24-29-10-20(28-2)37(24)33-25/h7-8,10,16-17H,3-6,11-13H2,1H3,(H2,30,31,32,33). The second kappa shape index (κ2) is 9.69. The molecule has 2 aromatic heterocycles. The first-order chi connectivity index (χ1) is 18.8. The monoisotopic (exact) mass is 545 g/mol. The number of carbonyl (C=O) groups excluding carboxylic acids is 2. The summed E-state index contributed by atoms with van der Waals surface area (Å²) in [4.78, 5) is 42.5.